The Balaban J connectivity index is 1.19. The van der Waals surface area contributed by atoms with Crippen LogP contribution in [0.25, 0.3) is 0 Å². The zero-order valence-electron chi connectivity index (χ0n) is 14.9. The Morgan fingerprint density at radius 1 is 0.783 bits per heavy atom. The summed E-state index contributed by atoms with van der Waals surface area (Å²) in [5, 5.41) is 0. The van der Waals surface area contributed by atoms with E-state index in [9.17, 15) is 0 Å². The fraction of sp³-hybridized carbons (Fsp3) is 1.00. The lowest BCUT2D eigenvalue weighted by molar-refractivity contribution is -0.165. The molecule has 0 N–H and O–H groups in total. The van der Waals surface area contributed by atoms with Gasteiger partial charge in [0.15, 0.2) is 0 Å². The predicted molar refractivity (Wildman–Crippen MR) is 92.0 cm³/mol. The van der Waals surface area contributed by atoms with Gasteiger partial charge in [0, 0.05) is 0 Å². The minimum atomic E-state index is 0.542. The summed E-state index contributed by atoms with van der Waals surface area (Å²) in [4.78, 5) is 0. The highest BCUT2D eigenvalue weighted by molar-refractivity contribution is 5.07. The van der Waals surface area contributed by atoms with Crippen LogP contribution >= 0.6 is 0 Å². The molecule has 0 radical (unpaired) electrons. The molecule has 6 unspecified atom stereocenters. The van der Waals surface area contributed by atoms with Crippen LogP contribution in [0.3, 0.4) is 0 Å². The lowest BCUT2D eigenvalue weighted by Crippen LogP contribution is -2.52. The molecule has 0 aromatic carbocycles. The van der Waals surface area contributed by atoms with Gasteiger partial charge >= 0.3 is 0 Å². The third-order valence-corrected chi connectivity index (χ3v) is 9.69. The van der Waals surface area contributed by atoms with Crippen LogP contribution in [0.1, 0.15) is 77.6 Å². The summed E-state index contributed by atoms with van der Waals surface area (Å²) >= 11 is 0. The van der Waals surface area contributed by atoms with Gasteiger partial charge in [-0.15, -0.1) is 0 Å². The molecule has 0 spiro atoms. The highest BCUT2D eigenvalue weighted by atomic mass is 16.5. The lowest BCUT2D eigenvalue weighted by atomic mass is 9.48. The van der Waals surface area contributed by atoms with Crippen LogP contribution in [0.2, 0.25) is 0 Å². The maximum Gasteiger partial charge on any atom is 0.0612 e. The number of ether oxygens (including phenoxy) is 1. The highest BCUT2D eigenvalue weighted by Crippen LogP contribution is 2.63. The quantitative estimate of drug-likeness (QED) is 0.674. The molecule has 0 aliphatic heterocycles. The SMILES string of the molecule is CC(OC1CC2CC1C1CCCC21)C12CC3CC(CC(C3)C1)C2. The van der Waals surface area contributed by atoms with E-state index < -0.39 is 0 Å². The number of hydrogen-bond acceptors (Lipinski definition) is 1. The van der Waals surface area contributed by atoms with Crippen LogP contribution in [0.15, 0.2) is 0 Å². The Kier molecular flexibility index (Phi) is 2.94. The third-order valence-electron chi connectivity index (χ3n) is 9.69. The van der Waals surface area contributed by atoms with Gasteiger partial charge in [-0.2, -0.15) is 0 Å². The first kappa shape index (κ1) is 14.2. The molecular weight excluding hydrogens is 280 g/mol. The predicted octanol–water partition coefficient (Wildman–Crippen LogP) is 5.43. The van der Waals surface area contributed by atoms with Crippen molar-refractivity contribution in [3.8, 4) is 0 Å². The number of fused-ring (bicyclic) bond motifs is 5. The van der Waals surface area contributed by atoms with Crippen LogP contribution in [0.5, 0.6) is 0 Å². The van der Waals surface area contributed by atoms with Crippen LogP contribution in [-0.2, 0) is 4.74 Å². The minimum Gasteiger partial charge on any atom is -0.374 e. The molecular formula is C22H34O. The van der Waals surface area contributed by atoms with Crippen molar-refractivity contribution in [3.05, 3.63) is 0 Å². The molecule has 0 aromatic heterocycles. The average molecular weight is 315 g/mol. The van der Waals surface area contributed by atoms with Gasteiger partial charge in [-0.25, -0.2) is 0 Å². The Labute approximate surface area is 141 Å². The second-order valence-electron chi connectivity index (χ2n) is 10.8. The fourth-order valence-electron chi connectivity index (χ4n) is 9.24. The highest BCUT2D eigenvalue weighted by Gasteiger charge is 2.57. The van der Waals surface area contributed by atoms with E-state index in [0.717, 1.165) is 41.4 Å². The van der Waals surface area contributed by atoms with Crippen LogP contribution in [-0.4, -0.2) is 12.2 Å². The maximum atomic E-state index is 6.94. The Morgan fingerprint density at radius 3 is 2.13 bits per heavy atom. The van der Waals surface area contributed by atoms with Gasteiger partial charge in [-0.1, -0.05) is 6.42 Å². The first-order chi connectivity index (χ1) is 11.2. The van der Waals surface area contributed by atoms with E-state index in [1.807, 2.05) is 0 Å². The largest absolute Gasteiger partial charge is 0.374 e. The van der Waals surface area contributed by atoms with Gasteiger partial charge in [0.2, 0.25) is 0 Å². The van der Waals surface area contributed by atoms with Crippen molar-refractivity contribution in [1.29, 1.82) is 0 Å². The van der Waals surface area contributed by atoms with E-state index in [0.29, 0.717) is 17.6 Å². The van der Waals surface area contributed by atoms with Gasteiger partial charge < -0.3 is 4.74 Å². The van der Waals surface area contributed by atoms with Crippen molar-refractivity contribution in [2.45, 2.75) is 89.8 Å². The van der Waals surface area contributed by atoms with Gasteiger partial charge in [-0.05, 0) is 118 Å². The van der Waals surface area contributed by atoms with Crippen molar-refractivity contribution in [1.82, 2.24) is 0 Å². The van der Waals surface area contributed by atoms with Crippen molar-refractivity contribution < 1.29 is 4.74 Å². The average Bonchev–Trinajstić information content (AvgIpc) is 3.18. The second-order valence-corrected chi connectivity index (χ2v) is 10.8. The molecule has 0 aromatic rings. The molecule has 7 saturated carbocycles. The van der Waals surface area contributed by atoms with E-state index in [4.69, 9.17) is 4.74 Å². The fourth-order valence-corrected chi connectivity index (χ4v) is 9.24. The number of hydrogen-bond donors (Lipinski definition) is 0. The Bertz CT molecular complexity index is 461. The standard InChI is InChI=1S/C22H34O/c1-13(22-10-14-5-15(11-22)7-16(6-14)12-22)23-21-9-17-8-20(21)19-4-2-3-18(17)19/h13-21H,2-12H2,1H3. The molecule has 6 bridgehead atoms. The topological polar surface area (TPSA) is 9.23 Å². The van der Waals surface area contributed by atoms with Crippen LogP contribution in [0, 0.1) is 46.8 Å². The molecule has 1 nitrogen and oxygen atoms in total. The van der Waals surface area contributed by atoms with Crippen molar-refractivity contribution in [3.63, 3.8) is 0 Å². The first-order valence-electron chi connectivity index (χ1n) is 10.9. The Morgan fingerprint density at radius 2 is 1.43 bits per heavy atom. The third kappa shape index (κ3) is 1.95. The van der Waals surface area contributed by atoms with E-state index in [1.54, 1.807) is 25.7 Å². The maximum absolute atomic E-state index is 6.94. The molecule has 0 heterocycles. The molecule has 7 aliphatic rings. The van der Waals surface area contributed by atoms with Gasteiger partial charge in [0.1, 0.15) is 0 Å². The summed E-state index contributed by atoms with van der Waals surface area (Å²) in [6, 6.07) is 0. The minimum absolute atomic E-state index is 0.542. The molecule has 6 atom stereocenters. The van der Waals surface area contributed by atoms with E-state index >= 15 is 0 Å². The van der Waals surface area contributed by atoms with Crippen LogP contribution < -0.4 is 0 Å². The van der Waals surface area contributed by atoms with Gasteiger partial charge in [0.25, 0.3) is 0 Å². The second kappa shape index (κ2) is 4.77. The molecule has 1 heteroatoms. The molecule has 7 fully saturated rings. The zero-order valence-corrected chi connectivity index (χ0v) is 14.9. The molecule has 23 heavy (non-hydrogen) atoms. The number of rotatable bonds is 3. The van der Waals surface area contributed by atoms with E-state index in [-0.39, 0.29) is 0 Å². The first-order valence-corrected chi connectivity index (χ1v) is 10.9. The molecule has 0 amide bonds. The summed E-state index contributed by atoms with van der Waals surface area (Å²) in [5.74, 6) is 7.34. The van der Waals surface area contributed by atoms with E-state index in [2.05, 4.69) is 6.92 Å². The van der Waals surface area contributed by atoms with Crippen molar-refractivity contribution in [2.75, 3.05) is 0 Å². The summed E-state index contributed by atoms with van der Waals surface area (Å²) < 4.78 is 6.94. The molecule has 7 rings (SSSR count). The zero-order chi connectivity index (χ0) is 15.2. The van der Waals surface area contributed by atoms with Crippen molar-refractivity contribution in [2.24, 2.45) is 46.8 Å². The van der Waals surface area contributed by atoms with Gasteiger partial charge in [-0.3, -0.25) is 0 Å². The smallest absolute Gasteiger partial charge is 0.0612 e. The summed E-state index contributed by atoms with van der Waals surface area (Å²) in [5.41, 5.74) is 0.589. The molecule has 128 valence electrons. The summed E-state index contributed by atoms with van der Waals surface area (Å²) in [7, 11) is 0. The Hall–Kier alpha value is -0.0400. The lowest BCUT2D eigenvalue weighted by Gasteiger charge is -2.59. The molecule has 7 aliphatic carbocycles. The molecule has 0 saturated heterocycles. The summed E-state index contributed by atoms with van der Waals surface area (Å²) in [6.45, 7) is 2.48. The monoisotopic (exact) mass is 314 g/mol. The van der Waals surface area contributed by atoms with Gasteiger partial charge in [0.05, 0.1) is 12.2 Å². The summed E-state index contributed by atoms with van der Waals surface area (Å²) in [6.07, 6.45) is 17.9. The van der Waals surface area contributed by atoms with Crippen LogP contribution in [0.4, 0.5) is 0 Å². The van der Waals surface area contributed by atoms with Crippen molar-refractivity contribution >= 4 is 0 Å². The van der Waals surface area contributed by atoms with E-state index in [1.165, 1.54) is 44.9 Å². The normalized spacial score (nSPS) is 60.4.